The molecule has 0 unspecified atom stereocenters. The average molecular weight is 348 g/mol. The highest BCUT2D eigenvalue weighted by Crippen LogP contribution is 2.32. The summed E-state index contributed by atoms with van der Waals surface area (Å²) in [5.74, 6) is 1.29. The fourth-order valence-corrected chi connectivity index (χ4v) is 2.90. The van der Waals surface area contributed by atoms with Crippen LogP contribution in [0.2, 0.25) is 5.02 Å². The van der Waals surface area contributed by atoms with Crippen LogP contribution in [0.25, 0.3) is 0 Å². The van der Waals surface area contributed by atoms with Gasteiger partial charge in [0.05, 0.1) is 0 Å². The van der Waals surface area contributed by atoms with Crippen LogP contribution in [0.3, 0.4) is 0 Å². The molecule has 1 aliphatic rings. The maximum atomic E-state index is 12.2. The first kappa shape index (κ1) is 16.6. The van der Waals surface area contributed by atoms with Crippen molar-refractivity contribution in [2.24, 2.45) is 0 Å². The highest BCUT2D eigenvalue weighted by molar-refractivity contribution is 6.31. The van der Waals surface area contributed by atoms with Crippen LogP contribution in [0.1, 0.15) is 18.5 Å². The predicted molar refractivity (Wildman–Crippen MR) is 92.7 cm³/mol. The molecule has 126 valence electrons. The summed E-state index contributed by atoms with van der Waals surface area (Å²) < 4.78 is 11.0. The van der Waals surface area contributed by atoms with E-state index in [1.54, 1.807) is 12.1 Å². The van der Waals surface area contributed by atoms with Crippen LogP contribution >= 0.6 is 11.6 Å². The first-order valence-corrected chi connectivity index (χ1v) is 8.28. The van der Waals surface area contributed by atoms with Crippen molar-refractivity contribution >= 4 is 23.2 Å². The number of carbonyl (C=O) groups excluding carboxylic acids is 1. The van der Waals surface area contributed by atoms with Gasteiger partial charge in [0.25, 0.3) is 5.91 Å². The Labute approximate surface area is 145 Å². The van der Waals surface area contributed by atoms with Crippen LogP contribution < -0.4 is 20.1 Å². The van der Waals surface area contributed by atoms with E-state index in [1.165, 1.54) is 0 Å². The van der Waals surface area contributed by atoms with Gasteiger partial charge >= 0.3 is 0 Å². The molecule has 0 spiro atoms. The van der Waals surface area contributed by atoms with Crippen molar-refractivity contribution in [3.05, 3.63) is 53.1 Å². The van der Waals surface area contributed by atoms with Gasteiger partial charge in [0.15, 0.2) is 18.0 Å². The van der Waals surface area contributed by atoms with Crippen molar-refractivity contribution in [3.63, 3.8) is 0 Å². The van der Waals surface area contributed by atoms with E-state index in [-0.39, 0.29) is 11.9 Å². The molecule has 6 heteroatoms. The molecule has 2 aromatic rings. The van der Waals surface area contributed by atoms with Gasteiger partial charge in [-0.05, 0) is 25.1 Å². The van der Waals surface area contributed by atoms with Gasteiger partial charge in [0, 0.05) is 22.3 Å². The minimum Gasteiger partial charge on any atom is -0.486 e. The van der Waals surface area contributed by atoms with E-state index in [4.69, 9.17) is 21.1 Å². The van der Waals surface area contributed by atoms with Gasteiger partial charge < -0.3 is 20.1 Å². The van der Waals surface area contributed by atoms with Crippen molar-refractivity contribution in [1.29, 1.82) is 0 Å². The zero-order chi connectivity index (χ0) is 16.9. The van der Waals surface area contributed by atoms with E-state index in [0.717, 1.165) is 5.56 Å². The lowest BCUT2D eigenvalue weighted by Crippen LogP contribution is -2.86. The van der Waals surface area contributed by atoms with E-state index in [9.17, 15) is 4.79 Å². The SMILES string of the molecule is C[C@@H]([NH2+]CC(=O)Nc1ccc2c(c1)OCCO2)c1ccccc1Cl. The molecule has 1 atom stereocenters. The number of benzene rings is 2. The third-order valence-corrected chi connectivity index (χ3v) is 4.22. The predicted octanol–water partition coefficient (Wildman–Crippen LogP) is 2.37. The number of quaternary nitrogens is 1. The Morgan fingerprint density at radius 3 is 2.75 bits per heavy atom. The molecule has 5 nitrogen and oxygen atoms in total. The highest BCUT2D eigenvalue weighted by atomic mass is 35.5. The number of anilines is 1. The van der Waals surface area contributed by atoms with Crippen LogP contribution in [0.5, 0.6) is 11.5 Å². The molecule has 2 aromatic carbocycles. The minimum absolute atomic E-state index is 0.0782. The lowest BCUT2D eigenvalue weighted by atomic mass is 10.1. The summed E-state index contributed by atoms with van der Waals surface area (Å²) in [5, 5.41) is 5.54. The monoisotopic (exact) mass is 347 g/mol. The van der Waals surface area contributed by atoms with Gasteiger partial charge in [0.1, 0.15) is 19.3 Å². The maximum absolute atomic E-state index is 12.2. The van der Waals surface area contributed by atoms with Crippen molar-refractivity contribution in [2.75, 3.05) is 25.1 Å². The summed E-state index contributed by atoms with van der Waals surface area (Å²) in [6.45, 7) is 3.40. The molecule has 24 heavy (non-hydrogen) atoms. The number of carbonyl (C=O) groups is 1. The Morgan fingerprint density at radius 2 is 1.96 bits per heavy atom. The Bertz CT molecular complexity index is 736. The second kappa shape index (κ2) is 7.55. The fourth-order valence-electron chi connectivity index (χ4n) is 2.59. The first-order valence-electron chi connectivity index (χ1n) is 7.91. The number of nitrogens with one attached hydrogen (secondary N) is 1. The van der Waals surface area contributed by atoms with Crippen LogP contribution in [0.4, 0.5) is 5.69 Å². The van der Waals surface area contributed by atoms with Gasteiger partial charge in [-0.3, -0.25) is 4.79 Å². The number of hydrogen-bond acceptors (Lipinski definition) is 3. The minimum atomic E-state index is -0.0782. The standard InChI is InChI=1S/C18H19ClN2O3/c1-12(14-4-2-3-5-15(14)19)20-11-18(22)21-13-6-7-16-17(10-13)24-9-8-23-16/h2-7,10,12,20H,8-9,11H2,1H3,(H,21,22)/p+1/t12-/m1/s1. The van der Waals surface area contributed by atoms with E-state index >= 15 is 0 Å². The smallest absolute Gasteiger partial charge is 0.279 e. The number of amides is 1. The summed E-state index contributed by atoms with van der Waals surface area (Å²) in [7, 11) is 0. The second-order valence-corrected chi connectivity index (χ2v) is 6.06. The lowest BCUT2D eigenvalue weighted by molar-refractivity contribution is -0.682. The molecule has 3 N–H and O–H groups in total. The number of fused-ring (bicyclic) bond motifs is 1. The van der Waals surface area contributed by atoms with E-state index in [0.29, 0.717) is 42.0 Å². The van der Waals surface area contributed by atoms with E-state index < -0.39 is 0 Å². The van der Waals surface area contributed by atoms with Crippen LogP contribution in [-0.2, 0) is 4.79 Å². The average Bonchev–Trinajstić information content (AvgIpc) is 2.60. The normalized spacial score (nSPS) is 14.1. The number of ether oxygens (including phenoxy) is 2. The molecule has 0 aliphatic carbocycles. The molecule has 1 heterocycles. The molecule has 0 fully saturated rings. The second-order valence-electron chi connectivity index (χ2n) is 5.66. The molecule has 0 radical (unpaired) electrons. The third kappa shape index (κ3) is 3.99. The fraction of sp³-hybridized carbons (Fsp3) is 0.278. The topological polar surface area (TPSA) is 64.2 Å². The molecular formula is C18H20ClN2O3+. The third-order valence-electron chi connectivity index (χ3n) is 3.88. The highest BCUT2D eigenvalue weighted by Gasteiger charge is 2.16. The Kier molecular flexibility index (Phi) is 5.23. The molecule has 1 amide bonds. The number of hydrogen-bond donors (Lipinski definition) is 2. The van der Waals surface area contributed by atoms with Crippen molar-refractivity contribution in [2.45, 2.75) is 13.0 Å². The zero-order valence-electron chi connectivity index (χ0n) is 13.4. The van der Waals surface area contributed by atoms with Crippen LogP contribution in [0, 0.1) is 0 Å². The molecule has 0 bridgehead atoms. The summed E-state index contributed by atoms with van der Waals surface area (Å²) in [4.78, 5) is 12.2. The largest absolute Gasteiger partial charge is 0.486 e. The summed E-state index contributed by atoms with van der Waals surface area (Å²) in [6, 6.07) is 13.2. The van der Waals surface area contributed by atoms with Gasteiger partial charge in [-0.1, -0.05) is 29.8 Å². The maximum Gasteiger partial charge on any atom is 0.279 e. The van der Waals surface area contributed by atoms with Gasteiger partial charge in [-0.15, -0.1) is 0 Å². The number of nitrogens with two attached hydrogens (primary N) is 1. The number of rotatable bonds is 5. The zero-order valence-corrected chi connectivity index (χ0v) is 14.2. The molecule has 3 rings (SSSR count). The van der Waals surface area contributed by atoms with Gasteiger partial charge in [-0.25, -0.2) is 0 Å². The van der Waals surface area contributed by atoms with Crippen molar-refractivity contribution in [3.8, 4) is 11.5 Å². The van der Waals surface area contributed by atoms with Crippen LogP contribution in [-0.4, -0.2) is 25.7 Å². The Hall–Kier alpha value is -2.24. The van der Waals surface area contributed by atoms with Crippen LogP contribution in [0.15, 0.2) is 42.5 Å². The van der Waals surface area contributed by atoms with Gasteiger partial charge in [0.2, 0.25) is 0 Å². The number of halogens is 1. The summed E-state index contributed by atoms with van der Waals surface area (Å²) in [5.41, 5.74) is 1.72. The molecule has 0 saturated heterocycles. The summed E-state index contributed by atoms with van der Waals surface area (Å²) >= 11 is 6.19. The van der Waals surface area contributed by atoms with E-state index in [2.05, 4.69) is 5.32 Å². The van der Waals surface area contributed by atoms with Crippen molar-refractivity contribution in [1.82, 2.24) is 0 Å². The van der Waals surface area contributed by atoms with Gasteiger partial charge in [-0.2, -0.15) is 0 Å². The Balaban J connectivity index is 1.55. The molecular weight excluding hydrogens is 328 g/mol. The molecule has 0 aromatic heterocycles. The molecule has 1 aliphatic heterocycles. The van der Waals surface area contributed by atoms with E-state index in [1.807, 2.05) is 42.6 Å². The quantitative estimate of drug-likeness (QED) is 0.872. The lowest BCUT2D eigenvalue weighted by Gasteiger charge is -2.19. The van der Waals surface area contributed by atoms with Crippen molar-refractivity contribution < 1.29 is 19.6 Å². The molecule has 0 saturated carbocycles. The first-order chi connectivity index (χ1) is 11.6. The Morgan fingerprint density at radius 1 is 1.21 bits per heavy atom. The summed E-state index contributed by atoms with van der Waals surface area (Å²) in [6.07, 6.45) is 0.